The number of carbonyl (C=O) groups excluding carboxylic acids is 2. The smallest absolute Gasteiger partial charge is 0.235 e. The molecule has 2 bridgehead atoms. The van der Waals surface area contributed by atoms with E-state index in [0.717, 1.165) is 41.5 Å². The minimum Gasteiger partial charge on any atom is -0.282 e. The number of imide groups is 1. The molecule has 0 aromatic heterocycles. The molecule has 0 spiro atoms. The van der Waals surface area contributed by atoms with Gasteiger partial charge in [0.1, 0.15) is 0 Å². The van der Waals surface area contributed by atoms with E-state index in [1.165, 1.54) is 4.90 Å². The first-order chi connectivity index (χ1) is 13.7. The van der Waals surface area contributed by atoms with E-state index in [0.29, 0.717) is 6.54 Å². The Balaban J connectivity index is 1.74. The predicted octanol–water partition coefficient (Wildman–Crippen LogP) is 3.86. The summed E-state index contributed by atoms with van der Waals surface area (Å²) < 4.78 is 0. The third kappa shape index (κ3) is 1.91. The van der Waals surface area contributed by atoms with E-state index in [1.807, 2.05) is 36.4 Å². The van der Waals surface area contributed by atoms with Gasteiger partial charge < -0.3 is 0 Å². The summed E-state index contributed by atoms with van der Waals surface area (Å²) in [5.74, 6) is 1.91. The number of nitrogens with zero attached hydrogens (tertiary/aromatic N) is 1. The van der Waals surface area contributed by atoms with Gasteiger partial charge in [-0.3, -0.25) is 14.5 Å². The van der Waals surface area contributed by atoms with Crippen LogP contribution in [-0.4, -0.2) is 23.3 Å². The van der Waals surface area contributed by atoms with Gasteiger partial charge in [-0.15, -0.1) is 6.42 Å². The Labute approximate surface area is 165 Å². The highest BCUT2D eigenvalue weighted by atomic mass is 16.2. The van der Waals surface area contributed by atoms with E-state index in [1.54, 1.807) is 0 Å². The maximum Gasteiger partial charge on any atom is 0.235 e. The van der Waals surface area contributed by atoms with Gasteiger partial charge in [-0.1, -0.05) is 74.2 Å². The van der Waals surface area contributed by atoms with Crippen LogP contribution in [0.15, 0.2) is 48.5 Å². The fourth-order valence-electron chi connectivity index (χ4n) is 5.82. The molecule has 1 aliphatic heterocycles. The lowest BCUT2D eigenvalue weighted by atomic mass is 9.47. The first kappa shape index (κ1) is 17.3. The largest absolute Gasteiger partial charge is 0.282 e. The number of hydrogen-bond donors (Lipinski definition) is 0. The van der Waals surface area contributed by atoms with E-state index in [4.69, 9.17) is 6.42 Å². The van der Waals surface area contributed by atoms with E-state index in [2.05, 4.69) is 25.0 Å². The van der Waals surface area contributed by atoms with Gasteiger partial charge >= 0.3 is 0 Å². The van der Waals surface area contributed by atoms with Crippen LogP contribution in [-0.2, 0) is 15.0 Å². The molecule has 1 heterocycles. The van der Waals surface area contributed by atoms with Crippen LogP contribution in [0.1, 0.15) is 54.4 Å². The molecule has 0 N–H and O–H groups in total. The van der Waals surface area contributed by atoms with Crippen molar-refractivity contribution in [2.45, 2.75) is 37.5 Å². The summed E-state index contributed by atoms with van der Waals surface area (Å²) in [7, 11) is 0. The summed E-state index contributed by atoms with van der Waals surface area (Å²) >= 11 is 0. The maximum atomic E-state index is 13.5. The summed E-state index contributed by atoms with van der Waals surface area (Å²) in [6.07, 6.45) is 9.11. The summed E-state index contributed by atoms with van der Waals surface area (Å²) in [5, 5.41) is 0. The number of hydrogen-bond acceptors (Lipinski definition) is 2. The number of carbonyl (C=O) groups is 2. The van der Waals surface area contributed by atoms with E-state index >= 15 is 0 Å². The summed E-state index contributed by atoms with van der Waals surface area (Å²) in [6, 6.07) is 16.2. The van der Waals surface area contributed by atoms with E-state index < -0.39 is 17.3 Å². The molecular formula is C25H23NO2. The Morgan fingerprint density at radius 1 is 0.964 bits per heavy atom. The number of benzene rings is 2. The molecular weight excluding hydrogens is 346 g/mol. The van der Waals surface area contributed by atoms with Gasteiger partial charge in [0.25, 0.3) is 0 Å². The highest BCUT2D eigenvalue weighted by molar-refractivity contribution is 6.08. The molecule has 3 aliphatic carbocycles. The van der Waals surface area contributed by atoms with Crippen LogP contribution in [0.4, 0.5) is 0 Å². The minimum atomic E-state index is -0.862. The van der Waals surface area contributed by atoms with E-state index in [-0.39, 0.29) is 17.7 Å². The van der Waals surface area contributed by atoms with Crippen molar-refractivity contribution in [1.82, 2.24) is 4.90 Å². The van der Waals surface area contributed by atoms with Crippen LogP contribution < -0.4 is 0 Å². The summed E-state index contributed by atoms with van der Waals surface area (Å²) in [4.78, 5) is 28.5. The minimum absolute atomic E-state index is 0.0419. The Kier molecular flexibility index (Phi) is 3.74. The quantitative estimate of drug-likeness (QED) is 0.466. The fourth-order valence-corrected chi connectivity index (χ4v) is 5.82. The Bertz CT molecular complexity index is 983. The molecule has 0 saturated carbocycles. The normalized spacial score (nSPS) is 29.3. The summed E-state index contributed by atoms with van der Waals surface area (Å²) in [5.41, 5.74) is 3.41. The summed E-state index contributed by atoms with van der Waals surface area (Å²) in [6.45, 7) is 2.62. The first-order valence-electron chi connectivity index (χ1n) is 10.2. The monoisotopic (exact) mass is 369 g/mol. The zero-order valence-corrected chi connectivity index (χ0v) is 16.0. The zero-order chi connectivity index (χ0) is 19.5. The van der Waals surface area contributed by atoms with Crippen LogP contribution in [0.25, 0.3) is 0 Å². The molecule has 0 radical (unpaired) electrons. The molecule has 1 saturated heterocycles. The van der Waals surface area contributed by atoms with Crippen molar-refractivity contribution in [3.8, 4) is 12.3 Å². The number of likely N-dealkylation sites (tertiary alicyclic amines) is 1. The van der Waals surface area contributed by atoms with Gasteiger partial charge in [-0.25, -0.2) is 0 Å². The third-order valence-corrected chi connectivity index (χ3v) is 6.92. The van der Waals surface area contributed by atoms with Gasteiger partial charge in [0, 0.05) is 12.5 Å². The lowest BCUT2D eigenvalue weighted by molar-refractivity contribution is -0.140. The second-order valence-corrected chi connectivity index (χ2v) is 8.14. The SMILES string of the molecule is C#CC12c3ccccc3C(c3ccccc31)C1C(=O)N(CCCCC)C(=O)C12. The zero-order valence-electron chi connectivity index (χ0n) is 16.0. The standard InChI is InChI=1S/C25H23NO2/c1-3-5-10-15-26-23(27)21-20-16-11-6-8-13-18(16)25(4-2,22(21)24(26)28)19-14-9-7-12-17(19)20/h2,6-9,11-14,20-22H,3,5,10,15H2,1H3. The first-order valence-corrected chi connectivity index (χ1v) is 10.2. The molecule has 1 fully saturated rings. The van der Waals surface area contributed by atoms with Crippen molar-refractivity contribution in [3.05, 3.63) is 70.8 Å². The Hall–Kier alpha value is -2.86. The highest BCUT2D eigenvalue weighted by Crippen LogP contribution is 2.63. The van der Waals surface area contributed by atoms with Crippen LogP contribution in [0.2, 0.25) is 0 Å². The second-order valence-electron chi connectivity index (χ2n) is 8.14. The number of amides is 2. The average molecular weight is 369 g/mol. The molecule has 140 valence electrons. The van der Waals surface area contributed by atoms with Gasteiger partial charge in [0.05, 0.1) is 17.3 Å². The van der Waals surface area contributed by atoms with Gasteiger partial charge in [-0.05, 0) is 28.7 Å². The molecule has 2 amide bonds. The highest BCUT2D eigenvalue weighted by Gasteiger charge is 2.67. The van der Waals surface area contributed by atoms with Crippen molar-refractivity contribution < 1.29 is 9.59 Å². The van der Waals surface area contributed by atoms with Crippen molar-refractivity contribution in [2.24, 2.45) is 11.8 Å². The Morgan fingerprint density at radius 3 is 2.14 bits per heavy atom. The van der Waals surface area contributed by atoms with Crippen molar-refractivity contribution in [3.63, 3.8) is 0 Å². The fraction of sp³-hybridized carbons (Fsp3) is 0.360. The number of terminal acetylenes is 1. The molecule has 2 aromatic rings. The molecule has 2 aromatic carbocycles. The van der Waals surface area contributed by atoms with Crippen molar-refractivity contribution in [1.29, 1.82) is 0 Å². The van der Waals surface area contributed by atoms with E-state index in [9.17, 15) is 9.59 Å². The van der Waals surface area contributed by atoms with Crippen molar-refractivity contribution >= 4 is 11.8 Å². The molecule has 28 heavy (non-hydrogen) atoms. The number of unbranched alkanes of at least 4 members (excludes halogenated alkanes) is 2. The molecule has 3 heteroatoms. The number of rotatable bonds is 4. The average Bonchev–Trinajstić information content (AvgIpc) is 2.99. The van der Waals surface area contributed by atoms with Crippen molar-refractivity contribution in [2.75, 3.05) is 6.54 Å². The molecule has 3 nitrogen and oxygen atoms in total. The van der Waals surface area contributed by atoms with Crippen LogP contribution in [0.3, 0.4) is 0 Å². The molecule has 2 unspecified atom stereocenters. The third-order valence-electron chi connectivity index (χ3n) is 6.92. The van der Waals surface area contributed by atoms with Crippen LogP contribution >= 0.6 is 0 Å². The topological polar surface area (TPSA) is 37.4 Å². The lowest BCUT2D eigenvalue weighted by Gasteiger charge is -2.51. The lowest BCUT2D eigenvalue weighted by Crippen LogP contribution is -2.52. The van der Waals surface area contributed by atoms with Crippen LogP contribution in [0, 0.1) is 24.2 Å². The second kappa shape index (κ2) is 6.07. The van der Waals surface area contributed by atoms with Gasteiger partial charge in [-0.2, -0.15) is 0 Å². The Morgan fingerprint density at radius 2 is 1.57 bits per heavy atom. The molecule has 6 rings (SSSR count). The van der Waals surface area contributed by atoms with Gasteiger partial charge in [0.15, 0.2) is 0 Å². The molecule has 4 aliphatic rings. The van der Waals surface area contributed by atoms with Gasteiger partial charge in [0.2, 0.25) is 11.8 Å². The van der Waals surface area contributed by atoms with Crippen LogP contribution in [0.5, 0.6) is 0 Å². The molecule has 2 atom stereocenters. The predicted molar refractivity (Wildman–Crippen MR) is 108 cm³/mol. The maximum absolute atomic E-state index is 13.5.